The standard InChI is InChI=1S/C21H22Cl2FNO3/c1-21(2)25(20(27)19(22)23)17(11-24)18(28-21)16-9-7-15(8-10-16)14-5-3-13(12-26)4-6-14/h3-10,17-19,26H,11-12H2,1-2H3/t17-,18-/m1/s1. The van der Waals surface area contributed by atoms with E-state index in [4.69, 9.17) is 33.0 Å². The van der Waals surface area contributed by atoms with Crippen LogP contribution >= 0.6 is 23.2 Å². The lowest BCUT2D eigenvalue weighted by molar-refractivity contribution is -0.145. The molecular weight excluding hydrogens is 404 g/mol. The molecule has 0 aromatic heterocycles. The van der Waals surface area contributed by atoms with Crippen LogP contribution in [-0.2, 0) is 16.1 Å². The lowest BCUT2D eigenvalue weighted by atomic mass is 9.98. The van der Waals surface area contributed by atoms with Crippen molar-refractivity contribution in [1.29, 1.82) is 0 Å². The maximum Gasteiger partial charge on any atom is 0.258 e. The van der Waals surface area contributed by atoms with Crippen molar-refractivity contribution >= 4 is 29.1 Å². The van der Waals surface area contributed by atoms with Crippen molar-refractivity contribution in [3.63, 3.8) is 0 Å². The van der Waals surface area contributed by atoms with Gasteiger partial charge in [-0.2, -0.15) is 0 Å². The lowest BCUT2D eigenvalue weighted by Gasteiger charge is -2.33. The van der Waals surface area contributed by atoms with Crippen molar-refractivity contribution in [3.8, 4) is 11.1 Å². The molecule has 150 valence electrons. The first-order valence-corrected chi connectivity index (χ1v) is 9.81. The van der Waals surface area contributed by atoms with E-state index >= 15 is 0 Å². The molecule has 1 heterocycles. The summed E-state index contributed by atoms with van der Waals surface area (Å²) in [7, 11) is 0. The second-order valence-electron chi connectivity index (χ2n) is 7.19. The molecule has 0 bridgehead atoms. The molecular formula is C21H22Cl2FNO3. The molecule has 1 aliphatic heterocycles. The lowest BCUT2D eigenvalue weighted by Crippen LogP contribution is -2.50. The monoisotopic (exact) mass is 425 g/mol. The molecule has 2 aromatic rings. The number of nitrogens with zero attached hydrogens (tertiary/aromatic N) is 1. The van der Waals surface area contributed by atoms with Crippen LogP contribution in [-0.4, -0.2) is 39.2 Å². The zero-order valence-corrected chi connectivity index (χ0v) is 17.1. The summed E-state index contributed by atoms with van der Waals surface area (Å²) in [4.78, 5) is 12.4. The summed E-state index contributed by atoms with van der Waals surface area (Å²) < 4.78 is 19.9. The number of halogens is 3. The zero-order valence-electron chi connectivity index (χ0n) is 15.6. The second-order valence-corrected chi connectivity index (χ2v) is 8.29. The van der Waals surface area contributed by atoms with Crippen molar-refractivity contribution < 1.29 is 19.0 Å². The van der Waals surface area contributed by atoms with Crippen LogP contribution in [0.5, 0.6) is 0 Å². The quantitative estimate of drug-likeness (QED) is 0.710. The zero-order chi connectivity index (χ0) is 20.5. The van der Waals surface area contributed by atoms with Crippen LogP contribution in [0.2, 0.25) is 0 Å². The molecule has 4 nitrogen and oxygen atoms in total. The van der Waals surface area contributed by atoms with Gasteiger partial charge in [-0.05, 0) is 36.1 Å². The van der Waals surface area contributed by atoms with Crippen LogP contribution < -0.4 is 0 Å². The van der Waals surface area contributed by atoms with Gasteiger partial charge in [0.05, 0.1) is 12.6 Å². The van der Waals surface area contributed by atoms with Gasteiger partial charge in [0, 0.05) is 0 Å². The number of carbonyl (C=O) groups excluding carboxylic acids is 1. The van der Waals surface area contributed by atoms with E-state index in [0.717, 1.165) is 22.3 Å². The Bertz CT molecular complexity index is 825. The van der Waals surface area contributed by atoms with Crippen LogP contribution in [0.15, 0.2) is 48.5 Å². The van der Waals surface area contributed by atoms with Crippen molar-refractivity contribution in [1.82, 2.24) is 4.90 Å². The third kappa shape index (κ3) is 4.03. The first-order chi connectivity index (χ1) is 13.3. The average Bonchev–Trinajstić information content (AvgIpc) is 2.97. The van der Waals surface area contributed by atoms with Crippen LogP contribution in [0.3, 0.4) is 0 Å². The first kappa shape index (κ1) is 21.1. The molecule has 1 saturated heterocycles. The second kappa shape index (κ2) is 8.37. The molecule has 2 aromatic carbocycles. The number of rotatable bonds is 5. The molecule has 2 atom stereocenters. The number of hydrogen-bond donors (Lipinski definition) is 1. The van der Waals surface area contributed by atoms with E-state index in [-0.39, 0.29) is 6.61 Å². The van der Waals surface area contributed by atoms with Crippen molar-refractivity contribution in [2.45, 2.75) is 43.2 Å². The fourth-order valence-electron chi connectivity index (χ4n) is 3.62. The van der Waals surface area contributed by atoms with E-state index in [2.05, 4.69) is 0 Å². The summed E-state index contributed by atoms with van der Waals surface area (Å²) in [6, 6.07) is 14.4. The molecule has 0 spiro atoms. The molecule has 7 heteroatoms. The molecule has 28 heavy (non-hydrogen) atoms. The smallest absolute Gasteiger partial charge is 0.258 e. The highest BCUT2D eigenvalue weighted by atomic mass is 35.5. The molecule has 0 radical (unpaired) electrons. The Labute approximate surface area is 173 Å². The molecule has 1 fully saturated rings. The van der Waals surface area contributed by atoms with E-state index in [1.54, 1.807) is 13.8 Å². The Morgan fingerprint density at radius 3 is 2.14 bits per heavy atom. The number of aliphatic hydroxyl groups excluding tert-OH is 1. The Morgan fingerprint density at radius 1 is 1.14 bits per heavy atom. The number of hydrogen-bond acceptors (Lipinski definition) is 3. The van der Waals surface area contributed by atoms with E-state index < -0.39 is 35.3 Å². The van der Waals surface area contributed by atoms with Crippen molar-refractivity contribution in [2.75, 3.05) is 6.67 Å². The van der Waals surface area contributed by atoms with Gasteiger partial charge in [0.25, 0.3) is 5.91 Å². The molecule has 3 rings (SSSR count). The van der Waals surface area contributed by atoms with Crippen LogP contribution in [0.4, 0.5) is 4.39 Å². The largest absolute Gasteiger partial charge is 0.392 e. The molecule has 0 saturated carbocycles. The predicted molar refractivity (Wildman–Crippen MR) is 108 cm³/mol. The highest BCUT2D eigenvalue weighted by Crippen LogP contribution is 2.42. The minimum absolute atomic E-state index is 0.000671. The summed E-state index contributed by atoms with van der Waals surface area (Å²) in [5.74, 6) is -0.570. The summed E-state index contributed by atoms with van der Waals surface area (Å²) in [5.41, 5.74) is 2.57. The highest BCUT2D eigenvalue weighted by molar-refractivity contribution is 6.53. The van der Waals surface area contributed by atoms with Gasteiger partial charge in [0.2, 0.25) is 0 Å². The number of carbonyl (C=O) groups is 1. The number of ether oxygens (including phenoxy) is 1. The van der Waals surface area contributed by atoms with E-state index in [0.29, 0.717) is 0 Å². The van der Waals surface area contributed by atoms with Crippen LogP contribution in [0.1, 0.15) is 31.1 Å². The normalized spacial score (nSPS) is 21.3. The van der Waals surface area contributed by atoms with Gasteiger partial charge in [-0.15, -0.1) is 0 Å². The number of aliphatic hydroxyl groups is 1. The fourth-order valence-corrected chi connectivity index (χ4v) is 3.83. The van der Waals surface area contributed by atoms with Crippen molar-refractivity contribution in [2.24, 2.45) is 0 Å². The molecule has 1 aliphatic rings. The van der Waals surface area contributed by atoms with Crippen LogP contribution in [0, 0.1) is 0 Å². The van der Waals surface area contributed by atoms with Gasteiger partial charge in [0.1, 0.15) is 18.5 Å². The summed E-state index contributed by atoms with van der Waals surface area (Å²) in [5, 5.41) is 9.15. The summed E-state index contributed by atoms with van der Waals surface area (Å²) in [6.07, 6.45) is -0.623. The predicted octanol–water partition coefficient (Wildman–Crippen LogP) is 4.62. The highest BCUT2D eigenvalue weighted by Gasteiger charge is 2.51. The average molecular weight is 426 g/mol. The Balaban J connectivity index is 1.87. The van der Waals surface area contributed by atoms with Gasteiger partial charge in [-0.3, -0.25) is 4.79 Å². The summed E-state index contributed by atoms with van der Waals surface area (Å²) >= 11 is 11.5. The Hall–Kier alpha value is -1.66. The minimum Gasteiger partial charge on any atom is -0.392 e. The van der Waals surface area contributed by atoms with E-state index in [9.17, 15) is 9.18 Å². The number of benzene rings is 2. The minimum atomic E-state index is -1.28. The Morgan fingerprint density at radius 2 is 1.68 bits per heavy atom. The van der Waals surface area contributed by atoms with E-state index in [1.807, 2.05) is 48.5 Å². The summed E-state index contributed by atoms with van der Waals surface area (Å²) in [6.45, 7) is 2.62. The number of amides is 1. The third-order valence-electron chi connectivity index (χ3n) is 4.97. The Kier molecular flexibility index (Phi) is 6.30. The van der Waals surface area contributed by atoms with Gasteiger partial charge >= 0.3 is 0 Å². The topological polar surface area (TPSA) is 49.8 Å². The molecule has 0 aliphatic carbocycles. The molecule has 1 amide bonds. The molecule has 0 unspecified atom stereocenters. The third-order valence-corrected chi connectivity index (χ3v) is 5.34. The fraction of sp³-hybridized carbons (Fsp3) is 0.381. The van der Waals surface area contributed by atoms with E-state index in [1.165, 1.54) is 4.90 Å². The van der Waals surface area contributed by atoms with Gasteiger partial charge in [0.15, 0.2) is 4.84 Å². The maximum absolute atomic E-state index is 13.9. The van der Waals surface area contributed by atoms with Gasteiger partial charge < -0.3 is 14.7 Å². The van der Waals surface area contributed by atoms with Gasteiger partial charge in [-0.1, -0.05) is 71.7 Å². The number of alkyl halides is 3. The van der Waals surface area contributed by atoms with Crippen LogP contribution in [0.25, 0.3) is 11.1 Å². The maximum atomic E-state index is 13.9. The molecule has 1 N–H and O–H groups in total. The van der Waals surface area contributed by atoms with Crippen molar-refractivity contribution in [3.05, 3.63) is 59.7 Å². The van der Waals surface area contributed by atoms with Gasteiger partial charge in [-0.25, -0.2) is 4.39 Å². The SMILES string of the molecule is CC1(C)O[C@H](c2ccc(-c3ccc(CO)cc3)cc2)[C@@H](CF)N1C(=O)C(Cl)Cl. The first-order valence-electron chi connectivity index (χ1n) is 8.93.